The van der Waals surface area contributed by atoms with Gasteiger partial charge in [0.05, 0.1) is 5.69 Å². The summed E-state index contributed by atoms with van der Waals surface area (Å²) >= 11 is 0. The first-order valence-corrected chi connectivity index (χ1v) is 5.13. The van der Waals surface area contributed by atoms with E-state index in [-0.39, 0.29) is 6.04 Å². The van der Waals surface area contributed by atoms with Crippen LogP contribution >= 0.6 is 0 Å². The van der Waals surface area contributed by atoms with E-state index in [9.17, 15) is 0 Å². The normalized spacial score (nSPS) is 13.2. The zero-order valence-electron chi connectivity index (χ0n) is 9.20. The van der Waals surface area contributed by atoms with Crippen LogP contribution in [0, 0.1) is 12.8 Å². The highest BCUT2D eigenvalue weighted by atomic mass is 14.9. The van der Waals surface area contributed by atoms with E-state index in [4.69, 9.17) is 5.73 Å². The largest absolute Gasteiger partial charge is 0.323 e. The summed E-state index contributed by atoms with van der Waals surface area (Å²) in [5.41, 5.74) is 8.13. The molecule has 0 aliphatic rings. The SMILES string of the molecule is Cc1cncnc1C(N)CCC(C)C. The summed E-state index contributed by atoms with van der Waals surface area (Å²) in [6.45, 7) is 6.42. The van der Waals surface area contributed by atoms with Crippen molar-refractivity contribution in [1.82, 2.24) is 9.97 Å². The van der Waals surface area contributed by atoms with E-state index in [1.807, 2.05) is 13.1 Å². The maximum absolute atomic E-state index is 6.05. The Morgan fingerprint density at radius 2 is 2.07 bits per heavy atom. The third-order valence-corrected chi connectivity index (χ3v) is 2.34. The van der Waals surface area contributed by atoms with Gasteiger partial charge in [0.1, 0.15) is 6.33 Å². The molecule has 0 fully saturated rings. The Kier molecular flexibility index (Phi) is 4.01. The van der Waals surface area contributed by atoms with Crippen molar-refractivity contribution in [2.24, 2.45) is 11.7 Å². The number of aromatic nitrogens is 2. The summed E-state index contributed by atoms with van der Waals surface area (Å²) in [5, 5.41) is 0. The second-order valence-corrected chi connectivity index (χ2v) is 4.17. The highest BCUT2D eigenvalue weighted by Crippen LogP contribution is 2.18. The van der Waals surface area contributed by atoms with Crippen LogP contribution < -0.4 is 5.73 Å². The van der Waals surface area contributed by atoms with Crippen LogP contribution in [0.3, 0.4) is 0 Å². The lowest BCUT2D eigenvalue weighted by Crippen LogP contribution is -2.14. The fraction of sp³-hybridized carbons (Fsp3) is 0.636. The molecule has 0 saturated heterocycles. The predicted octanol–water partition coefficient (Wildman–Crippen LogP) is 2.22. The van der Waals surface area contributed by atoms with Crippen LogP contribution in [0.4, 0.5) is 0 Å². The number of hydrogen-bond donors (Lipinski definition) is 1. The van der Waals surface area contributed by atoms with Gasteiger partial charge in [-0.1, -0.05) is 13.8 Å². The summed E-state index contributed by atoms with van der Waals surface area (Å²) in [4.78, 5) is 8.18. The number of nitrogens with zero attached hydrogens (tertiary/aromatic N) is 2. The Balaban J connectivity index is 2.60. The van der Waals surface area contributed by atoms with E-state index in [2.05, 4.69) is 23.8 Å². The van der Waals surface area contributed by atoms with Crippen molar-refractivity contribution in [1.29, 1.82) is 0 Å². The van der Waals surface area contributed by atoms with Gasteiger partial charge >= 0.3 is 0 Å². The molecule has 2 N–H and O–H groups in total. The van der Waals surface area contributed by atoms with Crippen LogP contribution in [-0.2, 0) is 0 Å². The standard InChI is InChI=1S/C11H19N3/c1-8(2)4-5-10(12)11-9(3)6-13-7-14-11/h6-8,10H,4-5,12H2,1-3H3. The first kappa shape index (κ1) is 11.1. The Hall–Kier alpha value is -0.960. The molecule has 1 heterocycles. The quantitative estimate of drug-likeness (QED) is 0.797. The van der Waals surface area contributed by atoms with Crippen molar-refractivity contribution < 1.29 is 0 Å². The van der Waals surface area contributed by atoms with E-state index in [1.165, 1.54) is 0 Å². The molecule has 0 aliphatic carbocycles. The molecule has 1 unspecified atom stereocenters. The Morgan fingerprint density at radius 1 is 1.36 bits per heavy atom. The van der Waals surface area contributed by atoms with E-state index >= 15 is 0 Å². The molecule has 0 saturated carbocycles. The van der Waals surface area contributed by atoms with Crippen molar-refractivity contribution in [3.8, 4) is 0 Å². The molecule has 3 heteroatoms. The minimum Gasteiger partial charge on any atom is -0.323 e. The van der Waals surface area contributed by atoms with Gasteiger partial charge < -0.3 is 5.73 Å². The van der Waals surface area contributed by atoms with Gasteiger partial charge in [0.15, 0.2) is 0 Å². The summed E-state index contributed by atoms with van der Waals surface area (Å²) in [6.07, 6.45) is 5.52. The molecular formula is C11H19N3. The lowest BCUT2D eigenvalue weighted by Gasteiger charge is -2.13. The Bertz CT molecular complexity index is 284. The predicted molar refractivity (Wildman–Crippen MR) is 57.8 cm³/mol. The van der Waals surface area contributed by atoms with Crippen molar-refractivity contribution in [3.05, 3.63) is 23.8 Å². The second-order valence-electron chi connectivity index (χ2n) is 4.17. The topological polar surface area (TPSA) is 51.8 Å². The number of hydrogen-bond acceptors (Lipinski definition) is 3. The average Bonchev–Trinajstić information content (AvgIpc) is 2.15. The van der Waals surface area contributed by atoms with Gasteiger partial charge in [-0.2, -0.15) is 0 Å². The number of aryl methyl sites for hydroxylation is 1. The first-order chi connectivity index (χ1) is 6.61. The third-order valence-electron chi connectivity index (χ3n) is 2.34. The van der Waals surface area contributed by atoms with Gasteiger partial charge in [0.2, 0.25) is 0 Å². The molecule has 1 rings (SSSR count). The molecule has 1 aromatic heterocycles. The van der Waals surface area contributed by atoms with Gasteiger partial charge in [0, 0.05) is 12.2 Å². The van der Waals surface area contributed by atoms with E-state index in [1.54, 1.807) is 6.33 Å². The Morgan fingerprint density at radius 3 is 2.64 bits per heavy atom. The lowest BCUT2D eigenvalue weighted by atomic mass is 10.00. The highest BCUT2D eigenvalue weighted by molar-refractivity contribution is 5.16. The molecule has 3 nitrogen and oxygen atoms in total. The number of rotatable bonds is 4. The maximum atomic E-state index is 6.05. The van der Waals surface area contributed by atoms with Crippen LogP contribution in [0.25, 0.3) is 0 Å². The molecule has 0 aromatic carbocycles. The van der Waals surface area contributed by atoms with Crippen LogP contribution in [-0.4, -0.2) is 9.97 Å². The molecule has 14 heavy (non-hydrogen) atoms. The summed E-state index contributed by atoms with van der Waals surface area (Å²) < 4.78 is 0. The monoisotopic (exact) mass is 193 g/mol. The molecule has 0 bridgehead atoms. The minimum absolute atomic E-state index is 0.0559. The molecule has 1 aromatic rings. The lowest BCUT2D eigenvalue weighted by molar-refractivity contribution is 0.500. The minimum atomic E-state index is 0.0559. The van der Waals surface area contributed by atoms with E-state index in [0.29, 0.717) is 5.92 Å². The second kappa shape index (κ2) is 5.05. The van der Waals surface area contributed by atoms with Gasteiger partial charge in [-0.15, -0.1) is 0 Å². The summed E-state index contributed by atoms with van der Waals surface area (Å²) in [7, 11) is 0. The van der Waals surface area contributed by atoms with Crippen molar-refractivity contribution in [3.63, 3.8) is 0 Å². The van der Waals surface area contributed by atoms with Crippen LogP contribution in [0.1, 0.15) is 44.0 Å². The van der Waals surface area contributed by atoms with E-state index < -0.39 is 0 Å². The van der Waals surface area contributed by atoms with Crippen LogP contribution in [0.2, 0.25) is 0 Å². The molecule has 0 spiro atoms. The average molecular weight is 193 g/mol. The fourth-order valence-corrected chi connectivity index (χ4v) is 1.45. The zero-order chi connectivity index (χ0) is 10.6. The van der Waals surface area contributed by atoms with Crippen molar-refractivity contribution in [2.75, 3.05) is 0 Å². The number of nitrogens with two attached hydrogens (primary N) is 1. The summed E-state index contributed by atoms with van der Waals surface area (Å²) in [6, 6.07) is 0.0559. The van der Waals surface area contributed by atoms with Crippen LogP contribution in [0.15, 0.2) is 12.5 Å². The van der Waals surface area contributed by atoms with E-state index in [0.717, 1.165) is 24.1 Å². The molecule has 0 aliphatic heterocycles. The molecule has 78 valence electrons. The molecular weight excluding hydrogens is 174 g/mol. The van der Waals surface area contributed by atoms with Gasteiger partial charge in [-0.3, -0.25) is 0 Å². The zero-order valence-corrected chi connectivity index (χ0v) is 9.20. The highest BCUT2D eigenvalue weighted by Gasteiger charge is 2.10. The smallest absolute Gasteiger partial charge is 0.115 e. The fourth-order valence-electron chi connectivity index (χ4n) is 1.45. The van der Waals surface area contributed by atoms with Crippen LogP contribution in [0.5, 0.6) is 0 Å². The van der Waals surface area contributed by atoms with Crippen molar-refractivity contribution in [2.45, 2.75) is 39.7 Å². The molecule has 1 atom stereocenters. The molecule has 0 amide bonds. The van der Waals surface area contributed by atoms with Crippen molar-refractivity contribution >= 4 is 0 Å². The maximum Gasteiger partial charge on any atom is 0.115 e. The van der Waals surface area contributed by atoms with Gasteiger partial charge in [-0.25, -0.2) is 9.97 Å². The van der Waals surface area contributed by atoms with Gasteiger partial charge in [0.25, 0.3) is 0 Å². The first-order valence-electron chi connectivity index (χ1n) is 5.13. The Labute approximate surface area is 85.8 Å². The third kappa shape index (κ3) is 3.07. The van der Waals surface area contributed by atoms with Gasteiger partial charge in [-0.05, 0) is 31.2 Å². The summed E-state index contributed by atoms with van der Waals surface area (Å²) in [5.74, 6) is 0.697. The molecule has 0 radical (unpaired) electrons.